The Labute approximate surface area is 107 Å². The number of hydrogen-bond acceptors (Lipinski definition) is 5. The molecule has 0 spiro atoms. The standard InChI is InChI=1S/C12H11N3O4/c1-18-8-2-3-9-10(4-8)19-6-7(11(9)16)5-14-15-12(13)17/h2-6H,1H3,(H3,13,15,17)/b14-5-. The van der Waals surface area contributed by atoms with Crippen LogP contribution in [0.5, 0.6) is 5.75 Å². The highest BCUT2D eigenvalue weighted by molar-refractivity contribution is 5.87. The van der Waals surface area contributed by atoms with Gasteiger partial charge in [-0.05, 0) is 12.1 Å². The number of nitrogens with one attached hydrogen (secondary N) is 1. The van der Waals surface area contributed by atoms with Gasteiger partial charge in [-0.1, -0.05) is 0 Å². The van der Waals surface area contributed by atoms with Gasteiger partial charge in [0.05, 0.1) is 24.3 Å². The van der Waals surface area contributed by atoms with Gasteiger partial charge < -0.3 is 14.9 Å². The van der Waals surface area contributed by atoms with Gasteiger partial charge in [0.15, 0.2) is 0 Å². The monoisotopic (exact) mass is 261 g/mol. The Kier molecular flexibility index (Phi) is 3.46. The molecule has 0 atom stereocenters. The van der Waals surface area contributed by atoms with Crippen molar-refractivity contribution in [1.29, 1.82) is 0 Å². The van der Waals surface area contributed by atoms with E-state index in [1.807, 2.05) is 5.43 Å². The lowest BCUT2D eigenvalue weighted by molar-refractivity contribution is 0.249. The fraction of sp³-hybridized carbons (Fsp3) is 0.0833. The molecule has 2 aromatic rings. The number of methoxy groups -OCH3 is 1. The fourth-order valence-electron chi connectivity index (χ4n) is 1.51. The third kappa shape index (κ3) is 2.71. The molecule has 0 fully saturated rings. The Hall–Kier alpha value is -2.83. The number of carbonyl (C=O) groups excluding carboxylic acids is 1. The van der Waals surface area contributed by atoms with E-state index in [9.17, 15) is 9.59 Å². The lowest BCUT2D eigenvalue weighted by Crippen LogP contribution is -2.24. The van der Waals surface area contributed by atoms with Gasteiger partial charge in [0.2, 0.25) is 5.43 Å². The predicted molar refractivity (Wildman–Crippen MR) is 69.3 cm³/mol. The van der Waals surface area contributed by atoms with Crippen LogP contribution >= 0.6 is 0 Å². The molecule has 0 unspecified atom stereocenters. The van der Waals surface area contributed by atoms with Gasteiger partial charge in [-0.2, -0.15) is 5.10 Å². The van der Waals surface area contributed by atoms with Crippen molar-refractivity contribution in [2.75, 3.05) is 7.11 Å². The number of hydrazone groups is 1. The van der Waals surface area contributed by atoms with E-state index in [1.165, 1.54) is 19.6 Å². The molecule has 2 amide bonds. The smallest absolute Gasteiger partial charge is 0.332 e. The number of nitrogens with zero attached hydrogens (tertiary/aromatic N) is 1. The van der Waals surface area contributed by atoms with Gasteiger partial charge in [0.25, 0.3) is 0 Å². The molecule has 7 heteroatoms. The minimum atomic E-state index is -0.814. The van der Waals surface area contributed by atoms with E-state index in [0.29, 0.717) is 16.7 Å². The highest BCUT2D eigenvalue weighted by Crippen LogP contribution is 2.18. The molecular formula is C12H11N3O4. The molecule has 98 valence electrons. The minimum absolute atomic E-state index is 0.200. The molecule has 3 N–H and O–H groups in total. The van der Waals surface area contributed by atoms with Crippen LogP contribution in [0.15, 0.2) is 38.8 Å². The van der Waals surface area contributed by atoms with Crippen LogP contribution in [0.25, 0.3) is 11.0 Å². The molecule has 0 saturated carbocycles. The van der Waals surface area contributed by atoms with Crippen molar-refractivity contribution in [1.82, 2.24) is 5.43 Å². The summed E-state index contributed by atoms with van der Waals surface area (Å²) in [5.74, 6) is 0.590. The first-order valence-electron chi connectivity index (χ1n) is 5.30. The number of hydrogen-bond donors (Lipinski definition) is 2. The van der Waals surface area contributed by atoms with E-state index in [1.54, 1.807) is 18.2 Å². The number of nitrogens with two attached hydrogens (primary N) is 1. The maximum Gasteiger partial charge on any atom is 0.332 e. The van der Waals surface area contributed by atoms with Crippen LogP contribution < -0.4 is 21.3 Å². The Balaban J connectivity index is 2.43. The van der Waals surface area contributed by atoms with Crippen molar-refractivity contribution in [3.8, 4) is 5.75 Å². The van der Waals surface area contributed by atoms with Crippen molar-refractivity contribution in [3.05, 3.63) is 40.2 Å². The average molecular weight is 261 g/mol. The van der Waals surface area contributed by atoms with E-state index in [4.69, 9.17) is 14.9 Å². The number of urea groups is 1. The zero-order valence-corrected chi connectivity index (χ0v) is 10.0. The number of amides is 2. The molecule has 19 heavy (non-hydrogen) atoms. The van der Waals surface area contributed by atoms with Gasteiger partial charge >= 0.3 is 6.03 Å². The first-order valence-corrected chi connectivity index (χ1v) is 5.30. The van der Waals surface area contributed by atoms with Crippen molar-refractivity contribution < 1.29 is 13.9 Å². The van der Waals surface area contributed by atoms with Crippen LogP contribution in [0, 0.1) is 0 Å². The largest absolute Gasteiger partial charge is 0.497 e. The summed E-state index contributed by atoms with van der Waals surface area (Å²) in [6.45, 7) is 0. The first kappa shape index (κ1) is 12.6. The zero-order chi connectivity index (χ0) is 13.8. The molecule has 1 aromatic heterocycles. The Morgan fingerprint density at radius 3 is 3.00 bits per heavy atom. The predicted octanol–water partition coefficient (Wildman–Crippen LogP) is 0.804. The molecule has 0 aliphatic heterocycles. The number of benzene rings is 1. The van der Waals surface area contributed by atoms with E-state index < -0.39 is 6.03 Å². The number of ether oxygens (including phenoxy) is 1. The fourth-order valence-corrected chi connectivity index (χ4v) is 1.51. The maximum atomic E-state index is 12.1. The van der Waals surface area contributed by atoms with Crippen LogP contribution in [0.2, 0.25) is 0 Å². The topological polar surface area (TPSA) is 107 Å². The van der Waals surface area contributed by atoms with Crippen LogP contribution in [-0.4, -0.2) is 19.4 Å². The quantitative estimate of drug-likeness (QED) is 0.629. The number of carbonyl (C=O) groups is 1. The lowest BCUT2D eigenvalue weighted by Gasteiger charge is -2.01. The van der Waals surface area contributed by atoms with Crippen molar-refractivity contribution in [2.24, 2.45) is 10.8 Å². The second kappa shape index (κ2) is 5.21. The average Bonchev–Trinajstić information content (AvgIpc) is 2.40. The van der Waals surface area contributed by atoms with Crippen LogP contribution in [0.4, 0.5) is 4.79 Å². The van der Waals surface area contributed by atoms with Crippen molar-refractivity contribution in [3.63, 3.8) is 0 Å². The molecule has 0 radical (unpaired) electrons. The second-order valence-corrected chi connectivity index (χ2v) is 3.62. The molecule has 7 nitrogen and oxygen atoms in total. The Bertz CT molecular complexity index is 706. The van der Waals surface area contributed by atoms with Crippen molar-refractivity contribution >= 4 is 23.2 Å². The number of primary amides is 1. The van der Waals surface area contributed by atoms with Gasteiger partial charge in [-0.25, -0.2) is 10.2 Å². The van der Waals surface area contributed by atoms with E-state index >= 15 is 0 Å². The van der Waals surface area contributed by atoms with Gasteiger partial charge in [-0.15, -0.1) is 0 Å². The zero-order valence-electron chi connectivity index (χ0n) is 10.0. The summed E-state index contributed by atoms with van der Waals surface area (Å²) in [4.78, 5) is 22.5. The van der Waals surface area contributed by atoms with E-state index in [2.05, 4.69) is 5.10 Å². The number of rotatable bonds is 3. The molecule has 0 bridgehead atoms. The first-order chi connectivity index (χ1) is 9.11. The summed E-state index contributed by atoms with van der Waals surface area (Å²) in [6, 6.07) is 4.05. The number of fused-ring (bicyclic) bond motifs is 1. The minimum Gasteiger partial charge on any atom is -0.497 e. The summed E-state index contributed by atoms with van der Waals surface area (Å²) in [7, 11) is 1.52. The Morgan fingerprint density at radius 2 is 2.32 bits per heavy atom. The van der Waals surface area contributed by atoms with Gasteiger partial charge in [0, 0.05) is 6.07 Å². The van der Waals surface area contributed by atoms with Crippen molar-refractivity contribution in [2.45, 2.75) is 0 Å². The lowest BCUT2D eigenvalue weighted by atomic mass is 10.2. The summed E-state index contributed by atoms with van der Waals surface area (Å²) in [6.07, 6.45) is 2.41. The van der Waals surface area contributed by atoms with Gasteiger partial charge in [0.1, 0.15) is 17.6 Å². The summed E-state index contributed by atoms with van der Waals surface area (Å²) in [5.41, 5.74) is 7.18. The molecule has 0 aliphatic rings. The van der Waals surface area contributed by atoms with E-state index in [-0.39, 0.29) is 11.0 Å². The molecule has 0 aliphatic carbocycles. The highest BCUT2D eigenvalue weighted by Gasteiger charge is 2.06. The SMILES string of the molecule is COc1ccc2c(=O)c(/C=N\NC(N)=O)coc2c1. The summed E-state index contributed by atoms with van der Waals surface area (Å²) in [5, 5.41) is 3.90. The molecule has 2 rings (SSSR count). The maximum absolute atomic E-state index is 12.1. The summed E-state index contributed by atoms with van der Waals surface area (Å²) < 4.78 is 10.3. The van der Waals surface area contributed by atoms with Crippen LogP contribution in [0.1, 0.15) is 5.56 Å². The molecule has 1 aromatic carbocycles. The normalized spacial score (nSPS) is 10.8. The van der Waals surface area contributed by atoms with E-state index in [0.717, 1.165) is 0 Å². The second-order valence-electron chi connectivity index (χ2n) is 3.62. The van der Waals surface area contributed by atoms with Gasteiger partial charge in [-0.3, -0.25) is 4.79 Å². The van der Waals surface area contributed by atoms with Crippen LogP contribution in [0.3, 0.4) is 0 Å². The van der Waals surface area contributed by atoms with Crippen LogP contribution in [-0.2, 0) is 0 Å². The molecular weight excluding hydrogens is 250 g/mol. The molecule has 0 saturated heterocycles. The third-order valence-electron chi connectivity index (χ3n) is 2.39. The Morgan fingerprint density at radius 1 is 1.53 bits per heavy atom. The highest BCUT2D eigenvalue weighted by atomic mass is 16.5. The summed E-state index contributed by atoms with van der Waals surface area (Å²) >= 11 is 0. The molecule has 1 heterocycles. The third-order valence-corrected chi connectivity index (χ3v) is 2.39.